The summed E-state index contributed by atoms with van der Waals surface area (Å²) in [7, 11) is 0. The number of fused-ring (bicyclic) bond motifs is 12. The molecule has 0 fully saturated rings. The molecule has 2 unspecified atom stereocenters. The second-order valence-electron chi connectivity index (χ2n) is 13.6. The average Bonchev–Trinajstić information content (AvgIpc) is 3.51. The number of hydrogen-bond donors (Lipinski definition) is 0. The molecule has 3 aliphatic rings. The normalized spacial score (nSPS) is 18.4. The van der Waals surface area contributed by atoms with Crippen LogP contribution in [0.2, 0.25) is 0 Å². The van der Waals surface area contributed by atoms with Crippen LogP contribution < -0.4 is 4.74 Å². The Bertz CT molecular complexity index is 2470. The van der Waals surface area contributed by atoms with Gasteiger partial charge in [-0.3, -0.25) is 0 Å². The van der Waals surface area contributed by atoms with Crippen molar-refractivity contribution >= 4 is 27.5 Å². The van der Waals surface area contributed by atoms with Crippen molar-refractivity contribution in [2.24, 2.45) is 0 Å². The zero-order valence-electron chi connectivity index (χ0n) is 26.3. The van der Waals surface area contributed by atoms with Gasteiger partial charge in [0.15, 0.2) is 11.3 Å². The standard InChI is InChI=1S/C45H32O2/c1-45(2)39-23-22-37-36-13-7-8-14-41(36)46-43(37)44(39)47-42-24-20-30(26-40(42)45)28-17-15-27(16-18-28)29-19-21-35-33-11-4-3-9-31(33)32-10-5-6-12-34(32)38(35)25-29/h3-26,35,38H,1-2H3. The molecule has 0 N–H and O–H groups in total. The summed E-state index contributed by atoms with van der Waals surface area (Å²) >= 11 is 0. The van der Waals surface area contributed by atoms with Crippen LogP contribution in [0.25, 0.3) is 49.8 Å². The highest BCUT2D eigenvalue weighted by atomic mass is 16.5. The Kier molecular flexibility index (Phi) is 5.49. The average molecular weight is 605 g/mol. The van der Waals surface area contributed by atoms with Crippen LogP contribution in [0.15, 0.2) is 150 Å². The Morgan fingerprint density at radius 2 is 1.26 bits per heavy atom. The highest BCUT2D eigenvalue weighted by Crippen LogP contribution is 2.53. The van der Waals surface area contributed by atoms with Crippen molar-refractivity contribution in [3.05, 3.63) is 173 Å². The minimum absolute atomic E-state index is 0.255. The molecular weight excluding hydrogens is 572 g/mol. The van der Waals surface area contributed by atoms with Crippen LogP contribution in [0.3, 0.4) is 0 Å². The van der Waals surface area contributed by atoms with E-state index in [4.69, 9.17) is 9.15 Å². The molecule has 2 aliphatic carbocycles. The summed E-state index contributed by atoms with van der Waals surface area (Å²) in [5, 5.41) is 2.20. The topological polar surface area (TPSA) is 22.4 Å². The van der Waals surface area contributed by atoms with Crippen molar-refractivity contribution in [1.29, 1.82) is 0 Å². The van der Waals surface area contributed by atoms with E-state index in [0.717, 1.165) is 39.0 Å². The number of allylic oxidation sites excluding steroid dienone is 4. The Morgan fingerprint density at radius 3 is 2.06 bits per heavy atom. The first-order valence-corrected chi connectivity index (χ1v) is 16.5. The smallest absolute Gasteiger partial charge is 0.178 e. The highest BCUT2D eigenvalue weighted by molar-refractivity contribution is 6.07. The predicted octanol–water partition coefficient (Wildman–Crippen LogP) is 12.2. The molecule has 6 aromatic carbocycles. The fourth-order valence-electron chi connectivity index (χ4n) is 8.27. The van der Waals surface area contributed by atoms with Crippen molar-refractivity contribution < 1.29 is 9.15 Å². The number of rotatable bonds is 2. The van der Waals surface area contributed by atoms with Gasteiger partial charge < -0.3 is 9.15 Å². The third-order valence-electron chi connectivity index (χ3n) is 10.8. The summed E-state index contributed by atoms with van der Waals surface area (Å²) in [4.78, 5) is 0. The first-order valence-electron chi connectivity index (χ1n) is 16.5. The molecule has 2 heteroatoms. The maximum Gasteiger partial charge on any atom is 0.178 e. The number of ether oxygens (including phenoxy) is 1. The van der Waals surface area contributed by atoms with Crippen LogP contribution in [0.1, 0.15) is 53.5 Å². The highest BCUT2D eigenvalue weighted by Gasteiger charge is 2.37. The molecule has 0 radical (unpaired) electrons. The van der Waals surface area contributed by atoms with E-state index in [2.05, 4.69) is 147 Å². The van der Waals surface area contributed by atoms with Gasteiger partial charge in [0.25, 0.3) is 0 Å². The van der Waals surface area contributed by atoms with Crippen LogP contribution >= 0.6 is 0 Å². The van der Waals surface area contributed by atoms with Crippen LogP contribution in [0.4, 0.5) is 0 Å². The molecule has 1 aliphatic heterocycles. The van der Waals surface area contributed by atoms with Crippen LogP contribution in [-0.4, -0.2) is 0 Å². The van der Waals surface area contributed by atoms with Gasteiger partial charge in [0.05, 0.1) is 0 Å². The van der Waals surface area contributed by atoms with Crippen molar-refractivity contribution in [2.45, 2.75) is 31.1 Å². The van der Waals surface area contributed by atoms with Gasteiger partial charge in [0, 0.05) is 39.2 Å². The van der Waals surface area contributed by atoms with Crippen molar-refractivity contribution in [3.63, 3.8) is 0 Å². The number of benzene rings is 6. The summed E-state index contributed by atoms with van der Waals surface area (Å²) in [6.07, 6.45) is 7.20. The van der Waals surface area contributed by atoms with E-state index >= 15 is 0 Å². The molecular formula is C45H32O2. The van der Waals surface area contributed by atoms with Crippen molar-refractivity contribution in [2.75, 3.05) is 0 Å². The Hall–Kier alpha value is -5.60. The zero-order chi connectivity index (χ0) is 31.3. The Labute approximate surface area is 274 Å². The minimum atomic E-state index is -0.255. The number of para-hydroxylation sites is 1. The predicted molar refractivity (Wildman–Crippen MR) is 192 cm³/mol. The summed E-state index contributed by atoms with van der Waals surface area (Å²) in [5.41, 5.74) is 14.2. The molecule has 47 heavy (non-hydrogen) atoms. The second-order valence-corrected chi connectivity index (χ2v) is 13.6. The van der Waals surface area contributed by atoms with E-state index in [9.17, 15) is 0 Å². The molecule has 0 saturated heterocycles. The lowest BCUT2D eigenvalue weighted by atomic mass is 9.69. The lowest BCUT2D eigenvalue weighted by molar-refractivity contribution is 0.415. The molecule has 2 nitrogen and oxygen atoms in total. The van der Waals surface area contributed by atoms with Gasteiger partial charge in [-0.05, 0) is 68.8 Å². The van der Waals surface area contributed by atoms with E-state index in [1.807, 2.05) is 12.1 Å². The van der Waals surface area contributed by atoms with E-state index in [-0.39, 0.29) is 5.41 Å². The van der Waals surface area contributed by atoms with Gasteiger partial charge >= 0.3 is 0 Å². The van der Waals surface area contributed by atoms with E-state index < -0.39 is 0 Å². The third kappa shape index (κ3) is 3.85. The second kappa shape index (κ2) is 9.70. The lowest BCUT2D eigenvalue weighted by Gasteiger charge is -2.35. The fraction of sp³-hybridized carbons (Fsp3) is 0.111. The molecule has 224 valence electrons. The molecule has 2 atom stereocenters. The largest absolute Gasteiger partial charge is 0.453 e. The molecule has 0 saturated carbocycles. The zero-order valence-corrected chi connectivity index (χ0v) is 26.3. The van der Waals surface area contributed by atoms with Gasteiger partial charge in [-0.1, -0.05) is 135 Å². The molecule has 2 heterocycles. The summed E-state index contributed by atoms with van der Waals surface area (Å²) < 4.78 is 13.0. The monoisotopic (exact) mass is 604 g/mol. The van der Waals surface area contributed by atoms with Crippen molar-refractivity contribution in [1.82, 2.24) is 0 Å². The Morgan fingerprint density at radius 1 is 0.574 bits per heavy atom. The quantitative estimate of drug-likeness (QED) is 0.196. The molecule has 0 amide bonds. The first-order chi connectivity index (χ1) is 23.0. The number of hydrogen-bond acceptors (Lipinski definition) is 2. The molecule has 10 rings (SSSR count). The van der Waals surface area contributed by atoms with Gasteiger partial charge in [-0.2, -0.15) is 0 Å². The molecule has 0 spiro atoms. The third-order valence-corrected chi connectivity index (χ3v) is 10.8. The Balaban J connectivity index is 0.984. The maximum absolute atomic E-state index is 6.63. The van der Waals surface area contributed by atoms with Gasteiger partial charge in [0.1, 0.15) is 11.3 Å². The summed E-state index contributed by atoms with van der Waals surface area (Å²) in [5.74, 6) is 2.40. The van der Waals surface area contributed by atoms with Crippen molar-refractivity contribution in [3.8, 4) is 33.8 Å². The van der Waals surface area contributed by atoms with Crippen LogP contribution in [-0.2, 0) is 5.41 Å². The molecule has 1 aromatic heterocycles. The van der Waals surface area contributed by atoms with Gasteiger partial charge in [-0.15, -0.1) is 0 Å². The van der Waals surface area contributed by atoms with Gasteiger partial charge in [-0.25, -0.2) is 0 Å². The maximum atomic E-state index is 6.63. The minimum Gasteiger partial charge on any atom is -0.453 e. The summed E-state index contributed by atoms with van der Waals surface area (Å²) in [6, 6.07) is 46.0. The van der Waals surface area contributed by atoms with E-state index in [1.165, 1.54) is 50.1 Å². The van der Waals surface area contributed by atoms with E-state index in [1.54, 1.807) is 0 Å². The van der Waals surface area contributed by atoms with Crippen LogP contribution in [0, 0.1) is 0 Å². The summed E-state index contributed by atoms with van der Waals surface area (Å²) in [6.45, 7) is 4.57. The molecule has 7 aromatic rings. The molecule has 0 bridgehead atoms. The van der Waals surface area contributed by atoms with Gasteiger partial charge in [0.2, 0.25) is 0 Å². The lowest BCUT2D eigenvalue weighted by Crippen LogP contribution is -2.24. The SMILES string of the molecule is CC1(C)c2cc(-c3ccc(C4=CC5c6ccccc6-c6ccccc6C5C=C4)cc3)ccc2Oc2c1ccc1c2oc2ccccc21. The number of furan rings is 1. The fourth-order valence-corrected chi connectivity index (χ4v) is 8.27. The first kappa shape index (κ1) is 26.6. The van der Waals surface area contributed by atoms with Crippen LogP contribution in [0.5, 0.6) is 11.5 Å². The van der Waals surface area contributed by atoms with E-state index in [0.29, 0.717) is 11.8 Å².